The van der Waals surface area contributed by atoms with Gasteiger partial charge in [0, 0.05) is 12.3 Å². The second-order valence-corrected chi connectivity index (χ2v) is 7.39. The number of carbonyl (C=O) groups excluding carboxylic acids is 1. The van der Waals surface area contributed by atoms with E-state index < -0.39 is 26.7 Å². The Hall–Kier alpha value is -2.50. The molecule has 3 rings (SSSR count). The van der Waals surface area contributed by atoms with Crippen LogP contribution in [-0.4, -0.2) is 31.1 Å². The first-order chi connectivity index (χ1) is 13.7. The number of rotatable bonds is 5. The molecule has 0 saturated carbocycles. The SMILES string of the molecule is COc1ccccc1N=Nc1ccc2c(S(=O)(=O)O)ccc(NC(C)=O)c2c1O.[H-].[Na+]. The second kappa shape index (κ2) is 9.54. The number of nitrogens with one attached hydrogen (secondary N) is 1. The molecule has 0 saturated heterocycles. The Bertz CT molecular complexity index is 1250. The molecule has 0 fully saturated rings. The molecule has 152 valence electrons. The fraction of sp³-hybridized carbons (Fsp3) is 0.105. The second-order valence-electron chi connectivity index (χ2n) is 6.00. The average Bonchev–Trinajstić information content (AvgIpc) is 2.66. The van der Waals surface area contributed by atoms with Crippen molar-refractivity contribution in [2.24, 2.45) is 10.2 Å². The van der Waals surface area contributed by atoms with Gasteiger partial charge in [-0.15, -0.1) is 10.2 Å². The van der Waals surface area contributed by atoms with Crippen LogP contribution in [0.15, 0.2) is 63.7 Å². The van der Waals surface area contributed by atoms with E-state index in [0.29, 0.717) is 11.4 Å². The summed E-state index contributed by atoms with van der Waals surface area (Å²) in [5, 5.41) is 21.4. The molecule has 0 aromatic heterocycles. The quantitative estimate of drug-likeness (QED) is 0.311. The van der Waals surface area contributed by atoms with Gasteiger partial charge in [-0.2, -0.15) is 8.42 Å². The summed E-state index contributed by atoms with van der Waals surface area (Å²) in [6, 6.07) is 12.0. The topological polar surface area (TPSA) is 138 Å². The van der Waals surface area contributed by atoms with Crippen LogP contribution in [-0.2, 0) is 14.9 Å². The van der Waals surface area contributed by atoms with Gasteiger partial charge in [-0.05, 0) is 30.3 Å². The van der Waals surface area contributed by atoms with Crippen LogP contribution in [0.4, 0.5) is 17.1 Å². The third-order valence-corrected chi connectivity index (χ3v) is 4.94. The van der Waals surface area contributed by atoms with Gasteiger partial charge in [0.15, 0.2) is 5.75 Å². The van der Waals surface area contributed by atoms with E-state index in [2.05, 4.69) is 15.5 Å². The van der Waals surface area contributed by atoms with Gasteiger partial charge in [0.1, 0.15) is 22.0 Å². The van der Waals surface area contributed by atoms with Crippen molar-refractivity contribution in [3.63, 3.8) is 0 Å². The molecule has 0 atom stereocenters. The number of benzene rings is 3. The van der Waals surface area contributed by atoms with E-state index in [9.17, 15) is 22.9 Å². The first kappa shape index (κ1) is 23.8. The maximum absolute atomic E-state index is 11.7. The van der Waals surface area contributed by atoms with Crippen LogP contribution in [0.1, 0.15) is 8.35 Å². The molecule has 0 radical (unpaired) electrons. The Morgan fingerprint density at radius 3 is 2.37 bits per heavy atom. The molecule has 11 heteroatoms. The van der Waals surface area contributed by atoms with Crippen molar-refractivity contribution >= 4 is 43.9 Å². The summed E-state index contributed by atoms with van der Waals surface area (Å²) >= 11 is 0. The number of para-hydroxylation sites is 1. The molecule has 1 amide bonds. The predicted octanol–water partition coefficient (Wildman–Crippen LogP) is 1.29. The van der Waals surface area contributed by atoms with Crippen LogP contribution in [0.2, 0.25) is 0 Å². The van der Waals surface area contributed by atoms with Crippen molar-refractivity contribution < 1.29 is 58.6 Å². The molecular weight excluding hydrogens is 421 g/mol. The molecule has 0 heterocycles. The standard InChI is InChI=1S/C19H17N3O6S.Na.H/c1-11(23)20-14-9-10-17(29(25,26)27)12-7-8-15(19(24)18(12)14)22-21-13-5-3-4-6-16(13)28-2;;/h3-10,24H,1-2H3,(H,20,23)(H,25,26,27);;/q;+1;-1. The summed E-state index contributed by atoms with van der Waals surface area (Å²) in [5.41, 5.74) is 0.609. The number of ether oxygens (including phenoxy) is 1. The third kappa shape index (κ3) is 4.97. The molecule has 0 unspecified atom stereocenters. The molecule has 3 aromatic rings. The fourth-order valence-corrected chi connectivity index (χ4v) is 3.50. The Morgan fingerprint density at radius 2 is 1.73 bits per heavy atom. The van der Waals surface area contributed by atoms with Gasteiger partial charge in [-0.1, -0.05) is 18.2 Å². The minimum absolute atomic E-state index is 0. The molecule has 0 aliphatic carbocycles. The van der Waals surface area contributed by atoms with Gasteiger partial charge in [-0.25, -0.2) is 0 Å². The van der Waals surface area contributed by atoms with E-state index >= 15 is 0 Å². The largest absolute Gasteiger partial charge is 1.00 e. The minimum atomic E-state index is -4.56. The number of aromatic hydroxyl groups is 1. The Kier molecular flexibility index (Phi) is 7.56. The van der Waals surface area contributed by atoms with Crippen molar-refractivity contribution in [3.05, 3.63) is 48.5 Å². The predicted molar refractivity (Wildman–Crippen MR) is 108 cm³/mol. The summed E-state index contributed by atoms with van der Waals surface area (Å²) in [7, 11) is -3.08. The van der Waals surface area contributed by atoms with Crippen LogP contribution < -0.4 is 39.6 Å². The zero-order chi connectivity index (χ0) is 21.2. The zero-order valence-corrected chi connectivity index (χ0v) is 19.3. The third-order valence-electron chi connectivity index (χ3n) is 4.03. The molecule has 0 aliphatic heterocycles. The van der Waals surface area contributed by atoms with Gasteiger partial charge in [0.2, 0.25) is 5.91 Å². The fourth-order valence-electron chi connectivity index (χ4n) is 2.81. The number of nitrogens with zero attached hydrogens (tertiary/aromatic N) is 2. The number of amides is 1. The normalized spacial score (nSPS) is 11.3. The molecule has 3 aromatic carbocycles. The number of carbonyl (C=O) groups is 1. The van der Waals surface area contributed by atoms with Crippen molar-refractivity contribution in [1.82, 2.24) is 0 Å². The number of methoxy groups -OCH3 is 1. The summed E-state index contributed by atoms with van der Waals surface area (Å²) in [6.07, 6.45) is 0. The Balaban J connectivity index is 0.00000240. The van der Waals surface area contributed by atoms with E-state index in [1.165, 1.54) is 32.2 Å². The molecule has 9 nitrogen and oxygen atoms in total. The van der Waals surface area contributed by atoms with Crippen molar-refractivity contribution in [2.45, 2.75) is 11.8 Å². The summed E-state index contributed by atoms with van der Waals surface area (Å²) in [6.45, 7) is 1.27. The van der Waals surface area contributed by atoms with E-state index in [1.807, 2.05) is 0 Å². The zero-order valence-electron chi connectivity index (χ0n) is 17.4. The van der Waals surface area contributed by atoms with E-state index in [-0.39, 0.29) is 53.1 Å². The summed E-state index contributed by atoms with van der Waals surface area (Å²) in [5.74, 6) is -0.356. The van der Waals surface area contributed by atoms with Crippen LogP contribution in [0.25, 0.3) is 10.8 Å². The Labute approximate surface area is 196 Å². The maximum Gasteiger partial charge on any atom is 1.00 e. The number of anilines is 1. The monoisotopic (exact) mass is 439 g/mol. The number of hydrogen-bond donors (Lipinski definition) is 3. The maximum atomic E-state index is 11.7. The molecule has 30 heavy (non-hydrogen) atoms. The van der Waals surface area contributed by atoms with Gasteiger partial charge in [0.05, 0.1) is 18.2 Å². The number of hydrogen-bond acceptors (Lipinski definition) is 7. The molecule has 3 N–H and O–H groups in total. The van der Waals surface area contributed by atoms with E-state index in [4.69, 9.17) is 4.74 Å². The average molecular weight is 439 g/mol. The smallest absolute Gasteiger partial charge is 1.00 e. The van der Waals surface area contributed by atoms with Gasteiger partial charge < -0.3 is 16.6 Å². The van der Waals surface area contributed by atoms with Crippen LogP contribution in [0.3, 0.4) is 0 Å². The summed E-state index contributed by atoms with van der Waals surface area (Å²) < 4.78 is 38.0. The molecule has 0 aliphatic rings. The van der Waals surface area contributed by atoms with Crippen molar-refractivity contribution in [1.29, 1.82) is 0 Å². The van der Waals surface area contributed by atoms with Crippen molar-refractivity contribution in [2.75, 3.05) is 12.4 Å². The molecular formula is C19H18N3NaO6S. The van der Waals surface area contributed by atoms with Gasteiger partial charge in [0.25, 0.3) is 10.1 Å². The van der Waals surface area contributed by atoms with Gasteiger partial charge >= 0.3 is 29.6 Å². The number of fused-ring (bicyclic) bond motifs is 1. The first-order valence-corrected chi connectivity index (χ1v) is 9.75. The number of phenolic OH excluding ortho intramolecular Hbond substituents is 1. The van der Waals surface area contributed by atoms with Crippen LogP contribution in [0.5, 0.6) is 11.5 Å². The van der Waals surface area contributed by atoms with E-state index in [0.717, 1.165) is 6.07 Å². The molecule has 0 bridgehead atoms. The number of azo groups is 1. The number of phenols is 1. The summed E-state index contributed by atoms with van der Waals surface area (Å²) in [4.78, 5) is 11.1. The van der Waals surface area contributed by atoms with Gasteiger partial charge in [-0.3, -0.25) is 9.35 Å². The first-order valence-electron chi connectivity index (χ1n) is 8.31. The van der Waals surface area contributed by atoms with E-state index in [1.54, 1.807) is 24.3 Å². The molecule has 0 spiro atoms. The minimum Gasteiger partial charge on any atom is -1.00 e. The van der Waals surface area contributed by atoms with Crippen molar-refractivity contribution in [3.8, 4) is 11.5 Å². The van der Waals surface area contributed by atoms with Crippen LogP contribution >= 0.6 is 0 Å². The van der Waals surface area contributed by atoms with Crippen LogP contribution in [0, 0.1) is 0 Å². The Morgan fingerprint density at radius 1 is 1.07 bits per heavy atom.